The third-order valence-electron chi connectivity index (χ3n) is 6.90. The number of para-hydroxylation sites is 1. The largest absolute Gasteiger partial charge is 0.457 e. The van der Waals surface area contributed by atoms with Gasteiger partial charge >= 0.3 is 0 Å². The van der Waals surface area contributed by atoms with Gasteiger partial charge in [-0.1, -0.05) is 24.3 Å². The summed E-state index contributed by atoms with van der Waals surface area (Å²) in [5.41, 5.74) is 9.13. The Morgan fingerprint density at radius 1 is 0.868 bits per heavy atom. The Hall–Kier alpha value is -4.79. The number of ether oxygens (including phenoxy) is 1. The standard InChI is InChI=1S/C29H27N7O2/c30-27-25-26(19-9-15-23(16-10-19)38-22-6-2-1-3-7-22)35-36(28(25)33-18-32-27)21-13-11-20(12-14-21)34-29(37)24-8-4-5-17-31-24/h1-10,15-18,20-21H,11-14H2,(H,34,37)(H2,30,32,33). The number of carbonyl (C=O) groups excluding carboxylic acids is 1. The van der Waals surface area contributed by atoms with Crippen LogP contribution in [0.2, 0.25) is 0 Å². The average Bonchev–Trinajstić information content (AvgIpc) is 3.36. The Morgan fingerprint density at radius 3 is 2.34 bits per heavy atom. The smallest absolute Gasteiger partial charge is 0.270 e. The second-order valence-corrected chi connectivity index (χ2v) is 9.38. The van der Waals surface area contributed by atoms with Crippen molar-refractivity contribution in [3.63, 3.8) is 0 Å². The van der Waals surface area contributed by atoms with E-state index in [-0.39, 0.29) is 18.0 Å². The molecule has 3 aromatic heterocycles. The maximum absolute atomic E-state index is 12.5. The van der Waals surface area contributed by atoms with Crippen LogP contribution in [0.5, 0.6) is 11.5 Å². The number of amides is 1. The highest BCUT2D eigenvalue weighted by Gasteiger charge is 2.28. The van der Waals surface area contributed by atoms with Crippen molar-refractivity contribution in [3.8, 4) is 22.8 Å². The first-order chi connectivity index (χ1) is 18.7. The summed E-state index contributed by atoms with van der Waals surface area (Å²) in [5, 5.41) is 8.85. The second kappa shape index (κ2) is 10.3. The number of hydrogen-bond donors (Lipinski definition) is 2. The summed E-state index contributed by atoms with van der Waals surface area (Å²) in [6, 6.07) is 23.0. The number of fused-ring (bicyclic) bond motifs is 1. The van der Waals surface area contributed by atoms with Gasteiger partial charge in [0.25, 0.3) is 5.91 Å². The van der Waals surface area contributed by atoms with Crippen molar-refractivity contribution in [2.75, 3.05) is 5.73 Å². The minimum atomic E-state index is -0.138. The van der Waals surface area contributed by atoms with Crippen LogP contribution < -0.4 is 15.8 Å². The molecule has 6 rings (SSSR count). The van der Waals surface area contributed by atoms with Gasteiger partial charge in [-0.3, -0.25) is 9.78 Å². The molecule has 0 bridgehead atoms. The fourth-order valence-electron chi connectivity index (χ4n) is 4.98. The van der Waals surface area contributed by atoms with Crippen LogP contribution in [0.3, 0.4) is 0 Å². The molecule has 1 fully saturated rings. The van der Waals surface area contributed by atoms with Crippen molar-refractivity contribution in [2.45, 2.75) is 37.8 Å². The quantitative estimate of drug-likeness (QED) is 0.326. The number of hydrogen-bond acceptors (Lipinski definition) is 7. The molecule has 0 aliphatic heterocycles. The molecule has 9 nitrogen and oxygen atoms in total. The molecule has 1 aliphatic rings. The Bertz CT molecular complexity index is 1550. The van der Waals surface area contributed by atoms with Gasteiger partial charge in [0.05, 0.1) is 11.4 Å². The minimum Gasteiger partial charge on any atom is -0.457 e. The number of nitrogen functional groups attached to an aromatic ring is 1. The monoisotopic (exact) mass is 505 g/mol. The normalized spacial score (nSPS) is 17.3. The number of rotatable bonds is 6. The molecule has 0 spiro atoms. The summed E-state index contributed by atoms with van der Waals surface area (Å²) >= 11 is 0. The van der Waals surface area contributed by atoms with Crippen molar-refractivity contribution in [1.29, 1.82) is 0 Å². The molecular weight excluding hydrogens is 478 g/mol. The lowest BCUT2D eigenvalue weighted by atomic mass is 9.91. The lowest BCUT2D eigenvalue weighted by Gasteiger charge is -2.29. The van der Waals surface area contributed by atoms with Crippen molar-refractivity contribution in [2.24, 2.45) is 0 Å². The molecule has 5 aromatic rings. The zero-order chi connectivity index (χ0) is 25.9. The van der Waals surface area contributed by atoms with Gasteiger partial charge in [0.1, 0.15) is 35.0 Å². The summed E-state index contributed by atoms with van der Waals surface area (Å²) in [4.78, 5) is 25.5. The van der Waals surface area contributed by atoms with Crippen LogP contribution in [0, 0.1) is 0 Å². The molecule has 3 N–H and O–H groups in total. The van der Waals surface area contributed by atoms with Crippen molar-refractivity contribution >= 4 is 22.8 Å². The summed E-state index contributed by atoms with van der Waals surface area (Å²) in [7, 11) is 0. The number of carbonyl (C=O) groups is 1. The van der Waals surface area contributed by atoms with E-state index in [2.05, 4.69) is 20.3 Å². The molecule has 0 unspecified atom stereocenters. The van der Waals surface area contributed by atoms with Gasteiger partial charge in [-0.2, -0.15) is 5.10 Å². The third-order valence-corrected chi connectivity index (χ3v) is 6.90. The van der Waals surface area contributed by atoms with Gasteiger partial charge in [-0.05, 0) is 74.2 Å². The van der Waals surface area contributed by atoms with Crippen molar-refractivity contribution in [1.82, 2.24) is 30.0 Å². The Morgan fingerprint density at radius 2 is 1.61 bits per heavy atom. The Labute approximate surface area is 219 Å². The first-order valence-electron chi connectivity index (χ1n) is 12.7. The zero-order valence-corrected chi connectivity index (χ0v) is 20.7. The molecule has 3 heterocycles. The van der Waals surface area contributed by atoms with Crippen LogP contribution in [0.4, 0.5) is 5.82 Å². The number of nitrogens with zero attached hydrogens (tertiary/aromatic N) is 5. The number of anilines is 1. The lowest BCUT2D eigenvalue weighted by Crippen LogP contribution is -2.38. The van der Waals surface area contributed by atoms with E-state index in [1.165, 1.54) is 6.33 Å². The SMILES string of the molecule is Nc1ncnc2c1c(-c1ccc(Oc3ccccc3)cc1)nn2C1CCC(NC(=O)c2ccccn2)CC1. The molecule has 1 saturated carbocycles. The summed E-state index contributed by atoms with van der Waals surface area (Å²) in [5.74, 6) is 1.77. The molecule has 0 radical (unpaired) electrons. The molecule has 1 aliphatic carbocycles. The molecule has 0 saturated heterocycles. The summed E-state index contributed by atoms with van der Waals surface area (Å²) in [6.07, 6.45) is 6.51. The van der Waals surface area contributed by atoms with E-state index < -0.39 is 0 Å². The molecule has 9 heteroatoms. The molecule has 2 aromatic carbocycles. The third kappa shape index (κ3) is 4.78. The number of aromatic nitrogens is 5. The number of pyridine rings is 1. The van der Waals surface area contributed by atoms with Gasteiger partial charge < -0.3 is 15.8 Å². The van der Waals surface area contributed by atoms with Crippen LogP contribution in [0.1, 0.15) is 42.2 Å². The average molecular weight is 506 g/mol. The first kappa shape index (κ1) is 23.6. The van der Waals surface area contributed by atoms with Crippen LogP contribution in [0.15, 0.2) is 85.3 Å². The highest BCUT2D eigenvalue weighted by atomic mass is 16.5. The molecule has 38 heavy (non-hydrogen) atoms. The van der Waals surface area contributed by atoms with Gasteiger partial charge in [0.15, 0.2) is 5.65 Å². The zero-order valence-electron chi connectivity index (χ0n) is 20.7. The van der Waals surface area contributed by atoms with E-state index in [1.54, 1.807) is 18.3 Å². The predicted octanol–water partition coefficient (Wildman–Crippen LogP) is 5.18. The van der Waals surface area contributed by atoms with E-state index in [0.717, 1.165) is 59.5 Å². The Kier molecular flexibility index (Phi) is 6.39. The molecule has 0 atom stereocenters. The molecule has 1 amide bonds. The van der Waals surface area contributed by atoms with Crippen LogP contribution in [-0.4, -0.2) is 36.7 Å². The summed E-state index contributed by atoms with van der Waals surface area (Å²) < 4.78 is 7.92. The lowest BCUT2D eigenvalue weighted by molar-refractivity contribution is 0.0917. The topological polar surface area (TPSA) is 121 Å². The van der Waals surface area contributed by atoms with E-state index in [9.17, 15) is 4.79 Å². The number of nitrogens with one attached hydrogen (secondary N) is 1. The van der Waals surface area contributed by atoms with E-state index in [0.29, 0.717) is 11.5 Å². The second-order valence-electron chi connectivity index (χ2n) is 9.38. The number of nitrogens with two attached hydrogens (primary N) is 1. The van der Waals surface area contributed by atoms with Crippen molar-refractivity contribution < 1.29 is 9.53 Å². The van der Waals surface area contributed by atoms with Crippen molar-refractivity contribution in [3.05, 3.63) is 91.0 Å². The van der Waals surface area contributed by atoms with Gasteiger partial charge in [0.2, 0.25) is 0 Å². The van der Waals surface area contributed by atoms with E-state index >= 15 is 0 Å². The predicted molar refractivity (Wildman–Crippen MR) is 145 cm³/mol. The minimum absolute atomic E-state index is 0.0962. The van der Waals surface area contributed by atoms with Gasteiger partial charge in [-0.15, -0.1) is 0 Å². The molecular formula is C29H27N7O2. The fourth-order valence-corrected chi connectivity index (χ4v) is 4.98. The number of benzene rings is 2. The van der Waals surface area contributed by atoms with Crippen LogP contribution in [0.25, 0.3) is 22.3 Å². The van der Waals surface area contributed by atoms with Crippen LogP contribution in [-0.2, 0) is 0 Å². The highest BCUT2D eigenvalue weighted by Crippen LogP contribution is 2.36. The van der Waals surface area contributed by atoms with E-state index in [4.69, 9.17) is 15.6 Å². The van der Waals surface area contributed by atoms with Gasteiger partial charge in [0, 0.05) is 17.8 Å². The van der Waals surface area contributed by atoms with Crippen LogP contribution >= 0.6 is 0 Å². The van der Waals surface area contributed by atoms with E-state index in [1.807, 2.05) is 65.3 Å². The maximum Gasteiger partial charge on any atom is 0.270 e. The summed E-state index contributed by atoms with van der Waals surface area (Å²) in [6.45, 7) is 0. The maximum atomic E-state index is 12.5. The fraction of sp³-hybridized carbons (Fsp3) is 0.207. The Balaban J connectivity index is 1.21. The molecule has 190 valence electrons. The highest BCUT2D eigenvalue weighted by molar-refractivity contribution is 5.98. The van der Waals surface area contributed by atoms with Gasteiger partial charge in [-0.25, -0.2) is 14.6 Å². The first-order valence-corrected chi connectivity index (χ1v) is 12.7.